The zero-order chi connectivity index (χ0) is 13.1. The highest BCUT2D eigenvalue weighted by Gasteiger charge is 2.13. The normalized spacial score (nSPS) is 11.3. The number of nitrogens with two attached hydrogens (primary N) is 1. The molecule has 4 nitrogen and oxygen atoms in total. The van der Waals surface area contributed by atoms with Crippen LogP contribution in [0.1, 0.15) is 12.8 Å². The van der Waals surface area contributed by atoms with Crippen LogP contribution in [0.15, 0.2) is 12.1 Å². The Morgan fingerprint density at radius 2 is 2.11 bits per heavy atom. The number of imidazole rings is 1. The topological polar surface area (TPSA) is 53.1 Å². The highest BCUT2D eigenvalue weighted by atomic mass is 19.1. The molecule has 0 unspecified atom stereocenters. The molecule has 0 fully saturated rings. The Morgan fingerprint density at radius 3 is 2.83 bits per heavy atom. The maximum absolute atomic E-state index is 13.5. The van der Waals surface area contributed by atoms with E-state index in [4.69, 9.17) is 10.5 Å². The molecule has 0 amide bonds. The van der Waals surface area contributed by atoms with Gasteiger partial charge in [-0.1, -0.05) is 0 Å². The molecule has 0 aliphatic carbocycles. The van der Waals surface area contributed by atoms with Crippen molar-refractivity contribution in [2.75, 3.05) is 19.5 Å². The van der Waals surface area contributed by atoms with Gasteiger partial charge in [-0.3, -0.25) is 0 Å². The lowest BCUT2D eigenvalue weighted by molar-refractivity contribution is 0.191. The monoisotopic (exact) mass is 255 g/mol. The Kier molecular flexibility index (Phi) is 3.76. The highest BCUT2D eigenvalue weighted by molar-refractivity contribution is 5.79. The van der Waals surface area contributed by atoms with Crippen molar-refractivity contribution >= 4 is 17.0 Å². The number of nitrogens with zero attached hydrogens (tertiary/aromatic N) is 2. The van der Waals surface area contributed by atoms with Crippen molar-refractivity contribution in [2.24, 2.45) is 0 Å². The minimum Gasteiger partial charge on any atom is -0.385 e. The van der Waals surface area contributed by atoms with Crippen molar-refractivity contribution in [3.8, 4) is 0 Å². The van der Waals surface area contributed by atoms with Gasteiger partial charge >= 0.3 is 0 Å². The fourth-order valence-corrected chi connectivity index (χ4v) is 1.92. The molecule has 0 aliphatic heterocycles. The largest absolute Gasteiger partial charge is 0.385 e. The fraction of sp³-hybridized carbons (Fsp3) is 0.417. The third-order valence-electron chi connectivity index (χ3n) is 2.78. The van der Waals surface area contributed by atoms with Gasteiger partial charge in [-0.25, -0.2) is 13.8 Å². The molecule has 0 saturated carbocycles. The van der Waals surface area contributed by atoms with Gasteiger partial charge in [0, 0.05) is 32.4 Å². The van der Waals surface area contributed by atoms with Crippen LogP contribution >= 0.6 is 0 Å². The molecular weight excluding hydrogens is 240 g/mol. The lowest BCUT2D eigenvalue weighted by Crippen LogP contribution is -2.04. The van der Waals surface area contributed by atoms with Crippen molar-refractivity contribution in [2.45, 2.75) is 19.4 Å². The number of aromatic nitrogens is 2. The number of halogens is 2. The zero-order valence-electron chi connectivity index (χ0n) is 10.1. The second-order valence-corrected chi connectivity index (χ2v) is 4.08. The average Bonchev–Trinajstić information content (AvgIpc) is 2.62. The zero-order valence-corrected chi connectivity index (χ0v) is 10.1. The molecule has 0 aliphatic rings. The van der Waals surface area contributed by atoms with Crippen molar-refractivity contribution in [1.82, 2.24) is 9.55 Å². The quantitative estimate of drug-likeness (QED) is 0.834. The summed E-state index contributed by atoms with van der Waals surface area (Å²) in [6.07, 6.45) is 1.66. The molecule has 98 valence electrons. The first-order valence-corrected chi connectivity index (χ1v) is 5.73. The molecular formula is C12H15F2N3O. The smallest absolute Gasteiger partial charge is 0.201 e. The number of methoxy groups -OCH3 is 1. The Bertz CT molecular complexity index is 554. The second-order valence-electron chi connectivity index (χ2n) is 4.08. The Hall–Kier alpha value is -1.69. The summed E-state index contributed by atoms with van der Waals surface area (Å²) in [5.74, 6) is -1.11. The first-order valence-electron chi connectivity index (χ1n) is 5.73. The average molecular weight is 255 g/mol. The van der Waals surface area contributed by atoms with Gasteiger partial charge < -0.3 is 15.0 Å². The van der Waals surface area contributed by atoms with Crippen molar-refractivity contribution in [3.63, 3.8) is 0 Å². The van der Waals surface area contributed by atoms with Gasteiger partial charge in [0.2, 0.25) is 5.95 Å². The molecule has 1 aromatic heterocycles. The van der Waals surface area contributed by atoms with Crippen LogP contribution in [0.5, 0.6) is 0 Å². The van der Waals surface area contributed by atoms with Gasteiger partial charge in [0.05, 0.1) is 5.52 Å². The van der Waals surface area contributed by atoms with Gasteiger partial charge in [-0.05, 0) is 12.8 Å². The summed E-state index contributed by atoms with van der Waals surface area (Å²) in [5.41, 5.74) is 6.22. The van der Waals surface area contributed by atoms with Crippen LogP contribution in [0.4, 0.5) is 14.7 Å². The second kappa shape index (κ2) is 5.30. The van der Waals surface area contributed by atoms with E-state index in [2.05, 4.69) is 4.98 Å². The van der Waals surface area contributed by atoms with E-state index in [1.807, 2.05) is 0 Å². The summed E-state index contributed by atoms with van der Waals surface area (Å²) in [6.45, 7) is 1.21. The van der Waals surface area contributed by atoms with Crippen LogP contribution in [-0.2, 0) is 11.3 Å². The first-order chi connectivity index (χ1) is 8.63. The van der Waals surface area contributed by atoms with Crippen molar-refractivity contribution < 1.29 is 13.5 Å². The van der Waals surface area contributed by atoms with E-state index in [0.717, 1.165) is 18.9 Å². The van der Waals surface area contributed by atoms with Gasteiger partial charge in [0.25, 0.3) is 0 Å². The number of rotatable bonds is 5. The van der Waals surface area contributed by atoms with Crippen molar-refractivity contribution in [3.05, 3.63) is 23.8 Å². The molecule has 0 saturated heterocycles. The fourth-order valence-electron chi connectivity index (χ4n) is 1.92. The summed E-state index contributed by atoms with van der Waals surface area (Å²) in [5, 5.41) is 0. The molecule has 1 aromatic carbocycles. The highest BCUT2D eigenvalue weighted by Crippen LogP contribution is 2.22. The number of anilines is 1. The minimum atomic E-state index is -0.688. The number of hydrogen-bond donors (Lipinski definition) is 1. The third kappa shape index (κ3) is 2.43. The number of fused-ring (bicyclic) bond motifs is 1. The number of nitrogen functional groups attached to an aromatic ring is 1. The first kappa shape index (κ1) is 12.8. The van der Waals surface area contributed by atoms with Crippen LogP contribution in [0.25, 0.3) is 11.0 Å². The van der Waals surface area contributed by atoms with E-state index in [1.54, 1.807) is 11.7 Å². The van der Waals surface area contributed by atoms with E-state index in [9.17, 15) is 8.78 Å². The molecule has 0 bridgehead atoms. The molecule has 0 spiro atoms. The molecule has 0 radical (unpaired) electrons. The van der Waals surface area contributed by atoms with Crippen LogP contribution in [0.2, 0.25) is 0 Å². The van der Waals surface area contributed by atoms with Crippen LogP contribution in [0.3, 0.4) is 0 Å². The molecule has 0 atom stereocenters. The van der Waals surface area contributed by atoms with Gasteiger partial charge in [0.1, 0.15) is 11.3 Å². The Labute approximate surface area is 103 Å². The molecule has 6 heteroatoms. The number of unbranched alkanes of at least 4 members (excludes halogenated alkanes) is 1. The maximum Gasteiger partial charge on any atom is 0.201 e. The van der Waals surface area contributed by atoms with Gasteiger partial charge in [0.15, 0.2) is 5.82 Å². The summed E-state index contributed by atoms with van der Waals surface area (Å²) in [4.78, 5) is 3.92. The summed E-state index contributed by atoms with van der Waals surface area (Å²) in [7, 11) is 1.63. The number of aryl methyl sites for hydroxylation is 1. The lowest BCUT2D eigenvalue weighted by Gasteiger charge is -2.06. The maximum atomic E-state index is 13.5. The van der Waals surface area contributed by atoms with Crippen molar-refractivity contribution in [1.29, 1.82) is 0 Å². The number of ether oxygens (including phenoxy) is 1. The standard InChI is InChI=1S/C12H15F2N3O/c1-18-5-3-2-4-17-10-7-8(13)6-9(14)11(10)16-12(17)15/h6-7H,2-5H2,1H3,(H2,15,16). The molecule has 18 heavy (non-hydrogen) atoms. The molecule has 2 aromatic rings. The summed E-state index contributed by atoms with van der Waals surface area (Å²) in [6, 6.07) is 2.06. The van der Waals surface area contributed by atoms with Crippen LogP contribution in [0, 0.1) is 11.6 Å². The Morgan fingerprint density at radius 1 is 1.33 bits per heavy atom. The molecule has 1 heterocycles. The van der Waals surface area contributed by atoms with E-state index < -0.39 is 11.6 Å². The van der Waals surface area contributed by atoms with E-state index in [-0.39, 0.29) is 11.5 Å². The van der Waals surface area contributed by atoms with Crippen LogP contribution < -0.4 is 5.73 Å². The van der Waals surface area contributed by atoms with E-state index in [0.29, 0.717) is 18.7 Å². The molecule has 2 rings (SSSR count). The van der Waals surface area contributed by atoms with E-state index >= 15 is 0 Å². The number of benzene rings is 1. The Balaban J connectivity index is 2.29. The van der Waals surface area contributed by atoms with E-state index in [1.165, 1.54) is 6.07 Å². The van der Waals surface area contributed by atoms with Gasteiger partial charge in [-0.2, -0.15) is 0 Å². The summed E-state index contributed by atoms with van der Waals surface area (Å²) >= 11 is 0. The summed E-state index contributed by atoms with van der Waals surface area (Å²) < 4.78 is 33.2. The molecule has 2 N–H and O–H groups in total. The minimum absolute atomic E-state index is 0.112. The van der Waals surface area contributed by atoms with Gasteiger partial charge in [-0.15, -0.1) is 0 Å². The predicted octanol–water partition coefficient (Wildman–Crippen LogP) is 2.32. The third-order valence-corrected chi connectivity index (χ3v) is 2.78. The number of hydrogen-bond acceptors (Lipinski definition) is 3. The predicted molar refractivity (Wildman–Crippen MR) is 65.2 cm³/mol. The van der Waals surface area contributed by atoms with Crippen LogP contribution in [-0.4, -0.2) is 23.3 Å². The lowest BCUT2D eigenvalue weighted by atomic mass is 10.2. The SMILES string of the molecule is COCCCCn1c(N)nc2c(F)cc(F)cc21.